The molecule has 0 bridgehead atoms. The summed E-state index contributed by atoms with van der Waals surface area (Å²) in [6, 6.07) is 4.28. The summed E-state index contributed by atoms with van der Waals surface area (Å²) < 4.78 is 13.1. The van der Waals surface area contributed by atoms with E-state index in [0.717, 1.165) is 5.56 Å². The maximum Gasteiger partial charge on any atom is 0.124 e. The molecule has 0 radical (unpaired) electrons. The van der Waals surface area contributed by atoms with Gasteiger partial charge >= 0.3 is 0 Å². The molecule has 0 saturated carbocycles. The molecular formula is C13H19ClFNO. The standard InChI is InChI=1S/C13H19ClFNO/c1-12(2,16)13(3,6-7-17)10-5-4-9(15)8-11(10)14/h4-5,8,17H,6-7,16H2,1-3H3. The molecule has 3 N–H and O–H groups in total. The second kappa shape index (κ2) is 4.92. The Labute approximate surface area is 107 Å². The van der Waals surface area contributed by atoms with Gasteiger partial charge in [-0.25, -0.2) is 4.39 Å². The Balaban J connectivity index is 3.32. The van der Waals surface area contributed by atoms with Gasteiger partial charge in [0.2, 0.25) is 0 Å². The number of aliphatic hydroxyl groups is 1. The molecular weight excluding hydrogens is 241 g/mol. The summed E-state index contributed by atoms with van der Waals surface area (Å²) in [6.07, 6.45) is 0.474. The van der Waals surface area contributed by atoms with Gasteiger partial charge in [-0.2, -0.15) is 0 Å². The Bertz CT molecular complexity index is 403. The van der Waals surface area contributed by atoms with Crippen molar-refractivity contribution in [3.63, 3.8) is 0 Å². The third kappa shape index (κ3) is 2.79. The molecule has 2 nitrogen and oxygen atoms in total. The van der Waals surface area contributed by atoms with Crippen LogP contribution in [0.4, 0.5) is 4.39 Å². The molecule has 0 aliphatic heterocycles. The van der Waals surface area contributed by atoms with Crippen LogP contribution >= 0.6 is 11.6 Å². The van der Waals surface area contributed by atoms with Crippen LogP contribution in [0, 0.1) is 5.82 Å². The zero-order chi connectivity index (χ0) is 13.3. The number of benzene rings is 1. The van der Waals surface area contributed by atoms with E-state index in [1.54, 1.807) is 6.07 Å². The highest BCUT2D eigenvalue weighted by Gasteiger charge is 2.40. The minimum absolute atomic E-state index is 0.00480. The highest BCUT2D eigenvalue weighted by Crippen LogP contribution is 2.40. The van der Waals surface area contributed by atoms with Gasteiger partial charge in [0.15, 0.2) is 0 Å². The molecule has 0 aliphatic carbocycles. The first kappa shape index (κ1) is 14.4. The second-order valence-electron chi connectivity index (χ2n) is 5.15. The summed E-state index contributed by atoms with van der Waals surface area (Å²) >= 11 is 6.08. The van der Waals surface area contributed by atoms with Crippen molar-refractivity contribution in [3.05, 3.63) is 34.6 Å². The summed E-state index contributed by atoms with van der Waals surface area (Å²) in [5.41, 5.74) is 5.86. The van der Waals surface area contributed by atoms with Gasteiger partial charge in [0, 0.05) is 22.6 Å². The molecule has 0 fully saturated rings. The number of aliphatic hydroxyl groups excluding tert-OH is 1. The predicted molar refractivity (Wildman–Crippen MR) is 68.7 cm³/mol. The van der Waals surface area contributed by atoms with Gasteiger partial charge in [-0.1, -0.05) is 24.6 Å². The lowest BCUT2D eigenvalue weighted by atomic mass is 9.67. The minimum atomic E-state index is -0.572. The maximum absolute atomic E-state index is 13.1. The summed E-state index contributed by atoms with van der Waals surface area (Å²) in [5, 5.41) is 9.55. The van der Waals surface area contributed by atoms with Gasteiger partial charge in [0.05, 0.1) is 0 Å². The molecule has 1 aromatic rings. The fourth-order valence-electron chi connectivity index (χ4n) is 1.96. The monoisotopic (exact) mass is 259 g/mol. The van der Waals surface area contributed by atoms with Crippen LogP contribution in [-0.4, -0.2) is 17.3 Å². The van der Waals surface area contributed by atoms with Gasteiger partial charge in [-0.05, 0) is 38.0 Å². The van der Waals surface area contributed by atoms with E-state index < -0.39 is 11.0 Å². The van der Waals surface area contributed by atoms with E-state index in [-0.39, 0.29) is 12.4 Å². The van der Waals surface area contributed by atoms with E-state index in [4.69, 9.17) is 17.3 Å². The summed E-state index contributed by atoms with van der Waals surface area (Å²) in [4.78, 5) is 0. The van der Waals surface area contributed by atoms with Gasteiger partial charge in [0.25, 0.3) is 0 Å². The van der Waals surface area contributed by atoms with Crippen molar-refractivity contribution in [2.24, 2.45) is 5.73 Å². The summed E-state index contributed by atoms with van der Waals surface area (Å²) in [7, 11) is 0. The van der Waals surface area contributed by atoms with Crippen LogP contribution in [0.2, 0.25) is 5.02 Å². The van der Waals surface area contributed by atoms with Crippen LogP contribution in [0.15, 0.2) is 18.2 Å². The average Bonchev–Trinajstić information content (AvgIpc) is 2.15. The average molecular weight is 260 g/mol. The second-order valence-corrected chi connectivity index (χ2v) is 5.56. The molecule has 0 heterocycles. The number of hydrogen-bond donors (Lipinski definition) is 2. The van der Waals surface area contributed by atoms with E-state index in [1.807, 2.05) is 20.8 Å². The zero-order valence-electron chi connectivity index (χ0n) is 10.4. The Morgan fingerprint density at radius 3 is 2.35 bits per heavy atom. The first-order valence-corrected chi connectivity index (χ1v) is 5.95. The van der Waals surface area contributed by atoms with Crippen molar-refractivity contribution >= 4 is 11.6 Å². The number of halogens is 2. The van der Waals surface area contributed by atoms with Crippen LogP contribution in [0.3, 0.4) is 0 Å². The molecule has 0 aromatic heterocycles. The van der Waals surface area contributed by atoms with Crippen molar-refractivity contribution in [1.29, 1.82) is 0 Å². The smallest absolute Gasteiger partial charge is 0.124 e. The molecule has 17 heavy (non-hydrogen) atoms. The van der Waals surface area contributed by atoms with Crippen molar-refractivity contribution in [2.75, 3.05) is 6.61 Å². The van der Waals surface area contributed by atoms with E-state index in [0.29, 0.717) is 11.4 Å². The van der Waals surface area contributed by atoms with Crippen LogP contribution in [0.5, 0.6) is 0 Å². The van der Waals surface area contributed by atoms with Crippen molar-refractivity contribution in [2.45, 2.75) is 38.1 Å². The molecule has 1 atom stereocenters. The van der Waals surface area contributed by atoms with Gasteiger partial charge < -0.3 is 10.8 Å². The fraction of sp³-hybridized carbons (Fsp3) is 0.538. The number of nitrogens with two attached hydrogens (primary N) is 1. The lowest BCUT2D eigenvalue weighted by molar-refractivity contribution is 0.190. The Morgan fingerprint density at radius 1 is 1.35 bits per heavy atom. The number of rotatable bonds is 4. The maximum atomic E-state index is 13.1. The quantitative estimate of drug-likeness (QED) is 0.873. The van der Waals surface area contributed by atoms with E-state index in [1.165, 1.54) is 12.1 Å². The SMILES string of the molecule is CC(C)(N)C(C)(CCO)c1ccc(F)cc1Cl. The van der Waals surface area contributed by atoms with Crippen molar-refractivity contribution in [1.82, 2.24) is 0 Å². The Kier molecular flexibility index (Phi) is 4.18. The predicted octanol–water partition coefficient (Wildman–Crippen LogP) is 2.86. The van der Waals surface area contributed by atoms with Crippen molar-refractivity contribution in [3.8, 4) is 0 Å². The van der Waals surface area contributed by atoms with Crippen LogP contribution < -0.4 is 5.73 Å². The zero-order valence-corrected chi connectivity index (χ0v) is 11.2. The normalized spacial score (nSPS) is 15.7. The molecule has 1 aromatic carbocycles. The minimum Gasteiger partial charge on any atom is -0.396 e. The lowest BCUT2D eigenvalue weighted by Crippen LogP contribution is -2.52. The third-order valence-electron chi connectivity index (χ3n) is 3.56. The molecule has 0 amide bonds. The Hall–Kier alpha value is -0.640. The Morgan fingerprint density at radius 2 is 1.94 bits per heavy atom. The largest absolute Gasteiger partial charge is 0.396 e. The number of hydrogen-bond acceptors (Lipinski definition) is 2. The first-order chi connectivity index (χ1) is 7.72. The van der Waals surface area contributed by atoms with Crippen LogP contribution in [0.1, 0.15) is 32.8 Å². The van der Waals surface area contributed by atoms with Gasteiger partial charge in [-0.15, -0.1) is 0 Å². The van der Waals surface area contributed by atoms with E-state index in [9.17, 15) is 9.50 Å². The molecule has 4 heteroatoms. The highest BCUT2D eigenvalue weighted by molar-refractivity contribution is 6.31. The highest BCUT2D eigenvalue weighted by atomic mass is 35.5. The lowest BCUT2D eigenvalue weighted by Gasteiger charge is -2.42. The van der Waals surface area contributed by atoms with E-state index >= 15 is 0 Å². The summed E-state index contributed by atoms with van der Waals surface area (Å²) in [6.45, 7) is 5.69. The topological polar surface area (TPSA) is 46.2 Å². The third-order valence-corrected chi connectivity index (χ3v) is 3.87. The molecule has 1 unspecified atom stereocenters. The van der Waals surface area contributed by atoms with Crippen LogP contribution in [-0.2, 0) is 5.41 Å². The molecule has 0 spiro atoms. The molecule has 1 rings (SSSR count). The first-order valence-electron chi connectivity index (χ1n) is 5.57. The fourth-order valence-corrected chi connectivity index (χ4v) is 2.34. The summed E-state index contributed by atoms with van der Waals surface area (Å²) in [5.74, 6) is -0.375. The van der Waals surface area contributed by atoms with Gasteiger partial charge in [0.1, 0.15) is 5.82 Å². The van der Waals surface area contributed by atoms with E-state index in [2.05, 4.69) is 0 Å². The van der Waals surface area contributed by atoms with Gasteiger partial charge in [-0.3, -0.25) is 0 Å². The van der Waals surface area contributed by atoms with Crippen LogP contribution in [0.25, 0.3) is 0 Å². The van der Waals surface area contributed by atoms with Crippen molar-refractivity contribution < 1.29 is 9.50 Å². The molecule has 0 aliphatic rings. The molecule has 0 saturated heterocycles. The molecule has 96 valence electrons.